The standard InChI is InChI=1S/C28H28FN5O.C27H26FN5O.C25H23ClFN5O.C25H23F2N5O/c1-17-26(33-13-12-18-4-3-5-21(18)16-33)32-27(20-8-10-25(30-2)23(29)14-20)34(28(17)35)22-9-11-24(31-15-22)19-6-7-19;1-29-24-9-7-19(13-22(24)28)27-31-25(32-12-11-17-3-2-4-20(17)16-32)14-26(34)33(27)21-8-10-23(30-15-21)18-5-6-18;1-15-9-11-31(12-10-15)24-22(26)25(33)32(18-6-8-20(29-14-18)16-3-4-16)23(30-24)17-5-7-21(28-2)19(27)13-17;1-15-9-11-31(12-10-15)24-22(27)25(33)32(18-6-8-20(29-14-18)16-3-4-16)23(30-24)17-5-7-21(28-2)19(26)13-17/h8-11,14-15,18-19,21H,3-7,12-13,16H2,1H3;7-10,13-15,17-18,20H,2-6,11-12,16H2;2*5-8,13-16H,3-4,9-12H2,1H3. The maximum absolute atomic E-state index is 15.4. The van der Waals surface area contributed by atoms with Crippen LogP contribution in [0.5, 0.6) is 0 Å². The molecule has 6 saturated carbocycles. The van der Waals surface area contributed by atoms with Crippen LogP contribution >= 0.6 is 11.6 Å². The molecule has 135 heavy (non-hydrogen) atoms. The van der Waals surface area contributed by atoms with Crippen LogP contribution in [0.1, 0.15) is 194 Å². The van der Waals surface area contributed by atoms with Crippen LogP contribution in [0.25, 0.3) is 87.7 Å². The number of pyridine rings is 4. The van der Waals surface area contributed by atoms with E-state index in [4.69, 9.17) is 52.8 Å². The number of nitrogens with zero attached hydrogens (tertiary/aromatic N) is 20. The quantitative estimate of drug-likeness (QED) is 0.0648. The normalized spacial score (nSPS) is 19.2. The van der Waals surface area contributed by atoms with Crippen molar-refractivity contribution in [3.8, 4) is 68.3 Å². The topological polar surface area (TPSA) is 222 Å². The van der Waals surface area contributed by atoms with Crippen molar-refractivity contribution in [1.29, 1.82) is 0 Å². The fraction of sp³-hybridized carbons (Fsp3) is 0.390. The Morgan fingerprint density at radius 2 is 0.667 bits per heavy atom. The first-order valence-electron chi connectivity index (χ1n) is 47.0. The molecule has 12 aromatic rings. The van der Waals surface area contributed by atoms with Crippen molar-refractivity contribution in [3.05, 3.63) is 302 Å². The molecule has 0 amide bonds. The zero-order valence-electron chi connectivity index (χ0n) is 75.4. The van der Waals surface area contributed by atoms with Crippen molar-refractivity contribution in [3.63, 3.8) is 0 Å². The Balaban J connectivity index is 0.000000116. The lowest BCUT2D eigenvalue weighted by Crippen LogP contribution is -2.41. The van der Waals surface area contributed by atoms with Gasteiger partial charge in [0, 0.05) is 127 Å². The van der Waals surface area contributed by atoms with Gasteiger partial charge in [-0.2, -0.15) is 4.39 Å². The predicted molar refractivity (Wildman–Crippen MR) is 511 cm³/mol. The second kappa shape index (κ2) is 38.6. The van der Waals surface area contributed by atoms with E-state index >= 15 is 4.39 Å². The van der Waals surface area contributed by atoms with Crippen molar-refractivity contribution >= 4 is 57.6 Å². The monoisotopic (exact) mass is 1830 g/mol. The Labute approximate surface area is 783 Å². The Kier molecular flexibility index (Phi) is 25.8. The Bertz CT molecular complexity index is 6790. The Hall–Kier alpha value is -13.9. The van der Waals surface area contributed by atoms with E-state index in [2.05, 4.69) is 67.9 Å². The number of anilines is 4. The van der Waals surface area contributed by atoms with E-state index in [1.54, 1.807) is 53.8 Å². The summed E-state index contributed by atoms with van der Waals surface area (Å²) in [6, 6.07) is 33.7. The number of hydrogen-bond donors (Lipinski definition) is 0. The van der Waals surface area contributed by atoms with Gasteiger partial charge >= 0.3 is 0 Å². The van der Waals surface area contributed by atoms with Crippen LogP contribution in [0.15, 0.2) is 171 Å². The molecule has 4 unspecified atom stereocenters. The van der Waals surface area contributed by atoms with Gasteiger partial charge in [0.25, 0.3) is 22.2 Å². The highest BCUT2D eigenvalue weighted by Gasteiger charge is 2.39. The van der Waals surface area contributed by atoms with Crippen LogP contribution < -0.4 is 41.8 Å². The van der Waals surface area contributed by atoms with E-state index < -0.39 is 40.2 Å². The molecule has 30 heteroatoms. The van der Waals surface area contributed by atoms with Gasteiger partial charge in [-0.15, -0.1) is 0 Å². The van der Waals surface area contributed by atoms with Gasteiger partial charge in [-0.1, -0.05) is 99.7 Å². The fourth-order valence-corrected chi connectivity index (χ4v) is 20.2. The summed E-state index contributed by atoms with van der Waals surface area (Å²) < 4.78 is 79.1. The van der Waals surface area contributed by atoms with Gasteiger partial charge in [-0.3, -0.25) is 57.4 Å². The molecule has 10 aliphatic rings. The molecule has 4 saturated heterocycles. The first-order chi connectivity index (χ1) is 65.5. The number of aromatic nitrogens is 12. The first-order valence-corrected chi connectivity index (χ1v) is 47.4. The van der Waals surface area contributed by atoms with Crippen LogP contribution in [0.3, 0.4) is 0 Å². The van der Waals surface area contributed by atoms with E-state index in [1.807, 2.05) is 54.3 Å². The summed E-state index contributed by atoms with van der Waals surface area (Å²) in [6.07, 6.45) is 29.2. The predicted octanol–water partition coefficient (Wildman–Crippen LogP) is 22.3. The van der Waals surface area contributed by atoms with Gasteiger partial charge in [0.15, 0.2) is 11.6 Å². The van der Waals surface area contributed by atoms with Crippen LogP contribution in [-0.4, -0.2) is 110 Å². The lowest BCUT2D eigenvalue weighted by atomic mass is 9.88. The summed E-state index contributed by atoms with van der Waals surface area (Å²) in [4.78, 5) is 113. The van der Waals surface area contributed by atoms with Crippen LogP contribution in [0.2, 0.25) is 5.02 Å². The Morgan fingerprint density at radius 3 is 1.04 bits per heavy atom. The maximum atomic E-state index is 15.4. The molecular formula is C105H100ClF5N20O4. The highest BCUT2D eigenvalue weighted by Crippen LogP contribution is 2.46. The smallest absolute Gasteiger partial charge is 0.296 e. The molecule has 24 nitrogen and oxygen atoms in total. The molecule has 0 bridgehead atoms. The van der Waals surface area contributed by atoms with E-state index in [1.165, 1.54) is 107 Å². The first kappa shape index (κ1) is 90.3. The SMILES string of the molecule is [C-]#[N+]c1ccc(-c2nc(N3CCC(C)CC3)c(Cl)c(=O)n2-c2ccc(C3CC3)nc2)cc1F.[C-]#[N+]c1ccc(-c2nc(N3CCC(C)CC3)c(F)c(=O)n2-c2ccc(C3CC3)nc2)cc1F.[C-]#[N+]c1ccc(-c2nc(N3CCC4CCCC4C3)c(C)c(=O)n2-c2ccc(C3CC3)nc2)cc1F.[C-]#[N+]c1ccc(-c2nc(N3CCC4CCCC4C3)cc(=O)n2-c2ccc(C3CC3)nc2)cc1F. The van der Waals surface area contributed by atoms with E-state index in [9.17, 15) is 36.7 Å². The number of hydrogen-bond acceptors (Lipinski definition) is 16. The molecule has 4 aliphatic heterocycles. The summed E-state index contributed by atoms with van der Waals surface area (Å²) in [5.74, 6) is 5.22. The van der Waals surface area contributed by atoms with E-state index in [-0.39, 0.29) is 61.9 Å². The molecule has 0 spiro atoms. The zero-order valence-corrected chi connectivity index (χ0v) is 76.1. The molecule has 0 radical (unpaired) electrons. The third-order valence-electron chi connectivity index (χ3n) is 28.5. The van der Waals surface area contributed by atoms with Crippen LogP contribution in [0, 0.1) is 97.8 Å². The van der Waals surface area contributed by atoms with Gasteiger partial charge in [0.05, 0.1) is 79.4 Å². The van der Waals surface area contributed by atoms with Crippen LogP contribution in [0.4, 0.5) is 68.0 Å². The van der Waals surface area contributed by atoms with Gasteiger partial charge in [0.1, 0.15) is 63.2 Å². The molecule has 686 valence electrons. The maximum Gasteiger partial charge on any atom is 0.296 e. The molecule has 22 rings (SSSR count). The molecule has 4 atom stereocenters. The van der Waals surface area contributed by atoms with Gasteiger partial charge in [0.2, 0.25) is 28.6 Å². The lowest BCUT2D eigenvalue weighted by Gasteiger charge is -2.36. The van der Waals surface area contributed by atoms with Crippen molar-refractivity contribution in [2.45, 2.75) is 173 Å². The number of fused-ring (bicyclic) bond motifs is 2. The summed E-state index contributed by atoms with van der Waals surface area (Å²) in [5, 5.41) is 0.0397. The number of halogens is 6. The zero-order chi connectivity index (χ0) is 93.6. The van der Waals surface area contributed by atoms with Crippen molar-refractivity contribution < 1.29 is 22.0 Å². The number of rotatable bonds is 16. The second-order valence-electron chi connectivity index (χ2n) is 37.7. The minimum atomic E-state index is -0.933. The third-order valence-corrected chi connectivity index (χ3v) is 28.8. The average molecular weight is 1840 g/mol. The third kappa shape index (κ3) is 19.1. The largest absolute Gasteiger partial charge is 0.356 e. The molecular weight excluding hydrogens is 1740 g/mol. The fourth-order valence-electron chi connectivity index (χ4n) is 19.9. The number of benzene rings is 4. The van der Waals surface area contributed by atoms with Crippen molar-refractivity contribution in [2.24, 2.45) is 35.5 Å². The Morgan fingerprint density at radius 1 is 0.341 bits per heavy atom. The van der Waals surface area contributed by atoms with Gasteiger partial charge in [-0.25, -0.2) is 56.9 Å². The van der Waals surface area contributed by atoms with E-state index in [0.717, 1.165) is 174 Å². The summed E-state index contributed by atoms with van der Waals surface area (Å²) >= 11 is 6.58. The summed E-state index contributed by atoms with van der Waals surface area (Å²) in [6.45, 7) is 41.0. The molecule has 0 N–H and O–H groups in total. The molecule has 6 aliphatic carbocycles. The average Bonchev–Trinajstić information content (AvgIpc) is 1.48. The summed E-state index contributed by atoms with van der Waals surface area (Å²) in [5.41, 5.74) is 6.33. The van der Waals surface area contributed by atoms with Gasteiger partial charge in [-0.05, 0) is 218 Å². The van der Waals surface area contributed by atoms with E-state index in [0.29, 0.717) is 135 Å². The molecule has 10 fully saturated rings. The minimum Gasteiger partial charge on any atom is -0.356 e. The van der Waals surface area contributed by atoms with Crippen molar-refractivity contribution in [2.75, 3.05) is 72.0 Å². The minimum absolute atomic E-state index is 0.0182. The number of piperidine rings is 4. The lowest BCUT2D eigenvalue weighted by molar-refractivity contribution is 0.322. The highest BCUT2D eigenvalue weighted by molar-refractivity contribution is 6.32. The molecule has 4 aromatic carbocycles. The molecule has 8 aromatic heterocycles. The molecule has 12 heterocycles. The highest BCUT2D eigenvalue weighted by atomic mass is 35.5. The van der Waals surface area contributed by atoms with Crippen LogP contribution in [-0.2, 0) is 0 Å². The summed E-state index contributed by atoms with van der Waals surface area (Å²) in [7, 11) is 0. The van der Waals surface area contributed by atoms with Crippen molar-refractivity contribution in [1.82, 2.24) is 58.1 Å². The van der Waals surface area contributed by atoms with Gasteiger partial charge < -0.3 is 19.6 Å². The second-order valence-corrected chi connectivity index (χ2v) is 38.1.